The largest absolute Gasteiger partial charge is 0.377 e. The Hall–Kier alpha value is -2.25. The molecule has 4 rings (SSSR count). The summed E-state index contributed by atoms with van der Waals surface area (Å²) >= 11 is 0. The maximum absolute atomic E-state index is 13.0. The Bertz CT molecular complexity index is 779. The fraction of sp³-hybridized carbons (Fsp3) is 0.550. The third-order valence-electron chi connectivity index (χ3n) is 5.72. The van der Waals surface area contributed by atoms with E-state index in [0.717, 1.165) is 31.4 Å². The van der Waals surface area contributed by atoms with Crippen LogP contribution in [0, 0.1) is 5.41 Å². The lowest BCUT2D eigenvalue weighted by molar-refractivity contribution is -0.148. The molecular formula is C20H26N4O3. The number of piperidine rings is 1. The van der Waals surface area contributed by atoms with E-state index < -0.39 is 0 Å². The maximum atomic E-state index is 13.0. The van der Waals surface area contributed by atoms with Gasteiger partial charge < -0.3 is 14.4 Å². The molecular weight excluding hydrogens is 344 g/mol. The number of carbonyl (C=O) groups is 1. The number of hydrogen-bond acceptors (Lipinski definition) is 5. The molecule has 0 radical (unpaired) electrons. The van der Waals surface area contributed by atoms with Gasteiger partial charge in [0.25, 0.3) is 5.91 Å². The third-order valence-corrected chi connectivity index (χ3v) is 5.72. The first-order valence-electron chi connectivity index (χ1n) is 9.53. The number of likely N-dealkylation sites (tertiary alicyclic amines) is 1. The molecule has 0 N–H and O–H groups in total. The summed E-state index contributed by atoms with van der Waals surface area (Å²) in [6, 6.07) is 5.70. The molecule has 144 valence electrons. The van der Waals surface area contributed by atoms with Gasteiger partial charge >= 0.3 is 0 Å². The summed E-state index contributed by atoms with van der Waals surface area (Å²) in [6.07, 6.45) is 8.24. The van der Waals surface area contributed by atoms with Gasteiger partial charge in [-0.1, -0.05) is 0 Å². The molecule has 2 aliphatic heterocycles. The summed E-state index contributed by atoms with van der Waals surface area (Å²) < 4.78 is 13.8. The van der Waals surface area contributed by atoms with Crippen LogP contribution in [0.3, 0.4) is 0 Å². The molecule has 7 nitrogen and oxygen atoms in total. The monoisotopic (exact) mass is 370 g/mol. The first-order chi connectivity index (χ1) is 13.2. The van der Waals surface area contributed by atoms with Crippen LogP contribution in [0.4, 0.5) is 0 Å². The highest BCUT2D eigenvalue weighted by molar-refractivity contribution is 5.92. The summed E-state index contributed by atoms with van der Waals surface area (Å²) in [7, 11) is 1.80. The Labute approximate surface area is 159 Å². The molecule has 2 atom stereocenters. The van der Waals surface area contributed by atoms with Crippen LogP contribution in [0.25, 0.3) is 0 Å². The van der Waals surface area contributed by atoms with Gasteiger partial charge in [0.15, 0.2) is 0 Å². The molecule has 2 aliphatic rings. The fourth-order valence-electron chi connectivity index (χ4n) is 4.27. The van der Waals surface area contributed by atoms with Gasteiger partial charge in [-0.3, -0.25) is 14.5 Å². The minimum absolute atomic E-state index is 0.0348. The van der Waals surface area contributed by atoms with Crippen LogP contribution in [-0.2, 0) is 23.1 Å². The van der Waals surface area contributed by atoms with Gasteiger partial charge in [-0.2, -0.15) is 5.10 Å². The van der Waals surface area contributed by atoms with Gasteiger partial charge in [0, 0.05) is 50.7 Å². The van der Waals surface area contributed by atoms with Gasteiger partial charge in [-0.05, 0) is 43.0 Å². The highest BCUT2D eigenvalue weighted by Crippen LogP contribution is 2.41. The van der Waals surface area contributed by atoms with Crippen LogP contribution < -0.4 is 0 Å². The van der Waals surface area contributed by atoms with Crippen molar-refractivity contribution in [2.24, 2.45) is 12.5 Å². The van der Waals surface area contributed by atoms with Crippen LogP contribution in [0.1, 0.15) is 35.3 Å². The standard InChI is InChI=1S/C20H26N4O3/c1-23-17(5-10-22-23)19(25)24-11-6-18-20(14-24,7-2-12-27-18)15-26-13-16-3-8-21-9-4-16/h3-5,8-10,18H,2,6-7,11-15H2,1H3/t18-,20+/m0/s1. The normalized spacial score (nSPS) is 25.2. The number of aryl methyl sites for hydroxylation is 1. The average Bonchev–Trinajstić information content (AvgIpc) is 3.13. The first kappa shape index (κ1) is 18.1. The van der Waals surface area contributed by atoms with Crippen molar-refractivity contribution in [3.8, 4) is 0 Å². The molecule has 4 heterocycles. The number of carbonyl (C=O) groups excluding carboxylic acids is 1. The Kier molecular flexibility index (Phi) is 5.22. The van der Waals surface area contributed by atoms with E-state index in [1.165, 1.54) is 0 Å². The van der Waals surface area contributed by atoms with Crippen molar-refractivity contribution in [1.29, 1.82) is 0 Å². The minimum Gasteiger partial charge on any atom is -0.377 e. The minimum atomic E-state index is -0.141. The van der Waals surface area contributed by atoms with Gasteiger partial charge in [0.1, 0.15) is 5.69 Å². The Balaban J connectivity index is 1.46. The highest BCUT2D eigenvalue weighted by Gasteiger charge is 2.47. The number of nitrogens with zero attached hydrogens (tertiary/aromatic N) is 4. The lowest BCUT2D eigenvalue weighted by Crippen LogP contribution is -2.58. The molecule has 0 aromatic carbocycles. The van der Waals surface area contributed by atoms with Crippen molar-refractivity contribution in [1.82, 2.24) is 19.7 Å². The van der Waals surface area contributed by atoms with Crippen LogP contribution in [0.15, 0.2) is 36.8 Å². The molecule has 2 aromatic rings. The number of pyridine rings is 1. The summed E-state index contributed by atoms with van der Waals surface area (Å²) in [5, 5.41) is 4.13. The van der Waals surface area contributed by atoms with E-state index in [0.29, 0.717) is 32.0 Å². The van der Waals surface area contributed by atoms with Crippen LogP contribution in [0.5, 0.6) is 0 Å². The summed E-state index contributed by atoms with van der Waals surface area (Å²) in [5.74, 6) is 0.0348. The van der Waals surface area contributed by atoms with E-state index in [4.69, 9.17) is 9.47 Å². The zero-order chi connectivity index (χ0) is 18.7. The Morgan fingerprint density at radius 1 is 1.33 bits per heavy atom. The van der Waals surface area contributed by atoms with E-state index in [-0.39, 0.29) is 17.4 Å². The molecule has 0 spiro atoms. The van der Waals surface area contributed by atoms with E-state index in [2.05, 4.69) is 10.1 Å². The molecule has 0 unspecified atom stereocenters. The maximum Gasteiger partial charge on any atom is 0.272 e. The number of amides is 1. The second kappa shape index (κ2) is 7.78. The second-order valence-corrected chi connectivity index (χ2v) is 7.53. The Morgan fingerprint density at radius 3 is 2.96 bits per heavy atom. The lowest BCUT2D eigenvalue weighted by Gasteiger charge is -2.50. The molecule has 2 saturated heterocycles. The van der Waals surface area contributed by atoms with E-state index in [9.17, 15) is 4.79 Å². The first-order valence-corrected chi connectivity index (χ1v) is 9.53. The van der Waals surface area contributed by atoms with Crippen molar-refractivity contribution in [3.63, 3.8) is 0 Å². The number of aromatic nitrogens is 3. The molecule has 0 saturated carbocycles. The zero-order valence-electron chi connectivity index (χ0n) is 15.7. The number of fused-ring (bicyclic) bond motifs is 1. The van der Waals surface area contributed by atoms with Crippen molar-refractivity contribution in [3.05, 3.63) is 48.0 Å². The summed E-state index contributed by atoms with van der Waals surface area (Å²) in [5.41, 5.74) is 1.59. The molecule has 0 aliphatic carbocycles. The zero-order valence-corrected chi connectivity index (χ0v) is 15.7. The van der Waals surface area contributed by atoms with E-state index in [1.54, 1.807) is 36.4 Å². The summed E-state index contributed by atoms with van der Waals surface area (Å²) in [4.78, 5) is 19.0. The quantitative estimate of drug-likeness (QED) is 0.806. The van der Waals surface area contributed by atoms with E-state index in [1.807, 2.05) is 17.0 Å². The molecule has 2 fully saturated rings. The molecule has 2 aromatic heterocycles. The van der Waals surface area contributed by atoms with E-state index >= 15 is 0 Å². The highest BCUT2D eigenvalue weighted by atomic mass is 16.5. The molecule has 7 heteroatoms. The average molecular weight is 370 g/mol. The molecule has 1 amide bonds. The number of hydrogen-bond donors (Lipinski definition) is 0. The lowest BCUT2D eigenvalue weighted by atomic mass is 9.73. The van der Waals surface area contributed by atoms with Crippen molar-refractivity contribution in [2.75, 3.05) is 26.3 Å². The van der Waals surface area contributed by atoms with Crippen LogP contribution in [-0.4, -0.2) is 58.0 Å². The molecule has 27 heavy (non-hydrogen) atoms. The van der Waals surface area contributed by atoms with Gasteiger partial charge in [0.05, 0.1) is 19.3 Å². The van der Waals surface area contributed by atoms with Crippen molar-refractivity contribution in [2.45, 2.75) is 32.0 Å². The fourth-order valence-corrected chi connectivity index (χ4v) is 4.27. The van der Waals surface area contributed by atoms with Gasteiger partial charge in [0.2, 0.25) is 0 Å². The van der Waals surface area contributed by atoms with Crippen molar-refractivity contribution >= 4 is 5.91 Å². The topological polar surface area (TPSA) is 69.5 Å². The van der Waals surface area contributed by atoms with Crippen molar-refractivity contribution < 1.29 is 14.3 Å². The molecule has 0 bridgehead atoms. The third kappa shape index (κ3) is 3.75. The second-order valence-electron chi connectivity index (χ2n) is 7.53. The smallest absolute Gasteiger partial charge is 0.272 e. The van der Waals surface area contributed by atoms with Gasteiger partial charge in [-0.25, -0.2) is 0 Å². The number of ether oxygens (including phenoxy) is 2. The predicted molar refractivity (Wildman–Crippen MR) is 99.0 cm³/mol. The predicted octanol–water partition coefficient (Wildman–Crippen LogP) is 2.04. The number of rotatable bonds is 5. The van der Waals surface area contributed by atoms with Gasteiger partial charge in [-0.15, -0.1) is 0 Å². The Morgan fingerprint density at radius 2 is 2.19 bits per heavy atom. The SMILES string of the molecule is Cn1nccc1C(=O)N1CC[C@@H]2OCCC[C@]2(COCc2ccncc2)C1. The van der Waals surface area contributed by atoms with Crippen LogP contribution in [0.2, 0.25) is 0 Å². The summed E-state index contributed by atoms with van der Waals surface area (Å²) in [6.45, 7) is 3.31. The van der Waals surface area contributed by atoms with Crippen LogP contribution >= 0.6 is 0 Å².